The summed E-state index contributed by atoms with van der Waals surface area (Å²) in [6, 6.07) is 13.6. The highest BCUT2D eigenvalue weighted by atomic mass is 16.4. The first-order chi connectivity index (χ1) is 10.1. The van der Waals surface area contributed by atoms with E-state index in [9.17, 15) is 15.0 Å². The van der Waals surface area contributed by atoms with Crippen LogP contribution in [0.2, 0.25) is 0 Å². The highest BCUT2D eigenvalue weighted by Crippen LogP contribution is 2.29. The van der Waals surface area contributed by atoms with Crippen LogP contribution in [0.15, 0.2) is 48.5 Å². The number of hydrogen-bond donors (Lipinski definition) is 2. The van der Waals surface area contributed by atoms with Gasteiger partial charge in [-0.1, -0.05) is 18.2 Å². The molecular formula is C17H13NO3. The number of nitrogens with zero attached hydrogens (tertiary/aromatic N) is 1. The third-order valence-electron chi connectivity index (χ3n) is 3.40. The number of aromatic nitrogens is 1. The number of benzene rings is 2. The number of phenolic OH excluding ortho intramolecular Hbond substituents is 1. The Morgan fingerprint density at radius 1 is 1.10 bits per heavy atom. The third kappa shape index (κ3) is 2.31. The molecule has 0 aliphatic carbocycles. The molecule has 0 fully saturated rings. The molecule has 2 N–H and O–H groups in total. The van der Waals surface area contributed by atoms with Gasteiger partial charge in [-0.3, -0.25) is 0 Å². The number of aromatic carboxylic acids is 1. The first-order valence-corrected chi connectivity index (χ1v) is 6.49. The van der Waals surface area contributed by atoms with Gasteiger partial charge in [0.2, 0.25) is 0 Å². The van der Waals surface area contributed by atoms with E-state index in [4.69, 9.17) is 0 Å². The predicted octanol–water partition coefficient (Wildman–Crippen LogP) is 3.61. The molecule has 0 saturated heterocycles. The van der Waals surface area contributed by atoms with Crippen LogP contribution >= 0.6 is 0 Å². The summed E-state index contributed by atoms with van der Waals surface area (Å²) in [5, 5.41) is 19.6. The number of phenols is 1. The van der Waals surface area contributed by atoms with Gasteiger partial charge in [0.25, 0.3) is 0 Å². The average molecular weight is 279 g/mol. The lowest BCUT2D eigenvalue weighted by atomic mass is 9.99. The highest BCUT2D eigenvalue weighted by Gasteiger charge is 2.14. The van der Waals surface area contributed by atoms with Crippen LogP contribution < -0.4 is 0 Å². The fraction of sp³-hybridized carbons (Fsp3) is 0.0588. The van der Waals surface area contributed by atoms with Gasteiger partial charge in [0.1, 0.15) is 5.75 Å². The molecule has 0 aliphatic rings. The number of pyridine rings is 1. The summed E-state index contributed by atoms with van der Waals surface area (Å²) < 4.78 is 0. The van der Waals surface area contributed by atoms with Crippen LogP contribution in [0.4, 0.5) is 0 Å². The van der Waals surface area contributed by atoms with E-state index in [1.54, 1.807) is 42.5 Å². The van der Waals surface area contributed by atoms with E-state index < -0.39 is 5.97 Å². The lowest BCUT2D eigenvalue weighted by molar-refractivity contribution is 0.0697. The Balaban J connectivity index is 2.28. The van der Waals surface area contributed by atoms with Crippen LogP contribution in [0.3, 0.4) is 0 Å². The van der Waals surface area contributed by atoms with Gasteiger partial charge in [-0.2, -0.15) is 0 Å². The van der Waals surface area contributed by atoms with Gasteiger partial charge in [0.15, 0.2) is 0 Å². The fourth-order valence-electron chi connectivity index (χ4n) is 2.42. The minimum Gasteiger partial charge on any atom is -0.508 e. The lowest BCUT2D eigenvalue weighted by Crippen LogP contribution is -2.01. The highest BCUT2D eigenvalue weighted by molar-refractivity contribution is 5.96. The van der Waals surface area contributed by atoms with Crippen molar-refractivity contribution in [3.05, 3.63) is 59.7 Å². The molecule has 1 heterocycles. The van der Waals surface area contributed by atoms with E-state index >= 15 is 0 Å². The molecule has 3 rings (SSSR count). The summed E-state index contributed by atoms with van der Waals surface area (Å²) >= 11 is 0. The summed E-state index contributed by atoms with van der Waals surface area (Å²) in [5.74, 6) is -0.792. The Morgan fingerprint density at radius 3 is 2.62 bits per heavy atom. The molecule has 104 valence electrons. The van der Waals surface area contributed by atoms with Gasteiger partial charge in [-0.15, -0.1) is 0 Å². The van der Waals surface area contributed by atoms with Gasteiger partial charge in [0, 0.05) is 10.9 Å². The standard InChI is InChI=1S/C17H13NO3/c1-10-8-11-9-12(19)6-7-15(11)18-16(10)13-4-2-3-5-14(13)17(20)21/h2-9,19H,1H3,(H,20,21). The van der Waals surface area contributed by atoms with Crippen molar-refractivity contribution in [3.63, 3.8) is 0 Å². The Bertz CT molecular complexity index is 856. The average Bonchev–Trinajstić information content (AvgIpc) is 2.46. The van der Waals surface area contributed by atoms with E-state index in [1.807, 2.05) is 13.0 Å². The van der Waals surface area contributed by atoms with Crippen LogP contribution in [-0.4, -0.2) is 21.2 Å². The molecular weight excluding hydrogens is 266 g/mol. The summed E-state index contributed by atoms with van der Waals surface area (Å²) in [6.45, 7) is 1.88. The third-order valence-corrected chi connectivity index (χ3v) is 3.40. The molecule has 0 unspecified atom stereocenters. The van der Waals surface area contributed by atoms with Gasteiger partial charge < -0.3 is 10.2 Å². The molecule has 0 atom stereocenters. The van der Waals surface area contributed by atoms with Crippen LogP contribution in [0.1, 0.15) is 15.9 Å². The van der Waals surface area contributed by atoms with Crippen molar-refractivity contribution in [2.45, 2.75) is 6.92 Å². The van der Waals surface area contributed by atoms with E-state index in [0.29, 0.717) is 16.8 Å². The Hall–Kier alpha value is -2.88. The van der Waals surface area contributed by atoms with E-state index in [2.05, 4.69) is 4.98 Å². The number of rotatable bonds is 2. The van der Waals surface area contributed by atoms with Crippen molar-refractivity contribution >= 4 is 16.9 Å². The van der Waals surface area contributed by atoms with Gasteiger partial charge >= 0.3 is 5.97 Å². The van der Waals surface area contributed by atoms with Gasteiger partial charge in [0.05, 0.1) is 16.8 Å². The molecule has 2 aromatic carbocycles. The van der Waals surface area contributed by atoms with Gasteiger partial charge in [-0.05, 0) is 42.8 Å². The maximum Gasteiger partial charge on any atom is 0.336 e. The summed E-state index contributed by atoms with van der Waals surface area (Å²) in [4.78, 5) is 15.9. The van der Waals surface area contributed by atoms with E-state index in [1.165, 1.54) is 0 Å². The zero-order valence-electron chi connectivity index (χ0n) is 11.4. The molecule has 0 saturated carbocycles. The number of fused-ring (bicyclic) bond motifs is 1. The molecule has 4 heteroatoms. The summed E-state index contributed by atoms with van der Waals surface area (Å²) in [6.07, 6.45) is 0. The van der Waals surface area contributed by atoms with Crippen molar-refractivity contribution in [1.82, 2.24) is 4.98 Å². The lowest BCUT2D eigenvalue weighted by Gasteiger charge is -2.10. The fourth-order valence-corrected chi connectivity index (χ4v) is 2.42. The molecule has 0 bridgehead atoms. The van der Waals surface area contributed by atoms with Crippen molar-refractivity contribution in [2.24, 2.45) is 0 Å². The first kappa shape index (κ1) is 13.1. The number of carboxylic acid groups (broad SMARTS) is 1. The van der Waals surface area contributed by atoms with Crippen molar-refractivity contribution in [3.8, 4) is 17.0 Å². The van der Waals surface area contributed by atoms with Crippen LogP contribution in [0.25, 0.3) is 22.2 Å². The molecule has 0 amide bonds. The normalized spacial score (nSPS) is 10.7. The SMILES string of the molecule is Cc1cc2cc(O)ccc2nc1-c1ccccc1C(=O)O. The number of hydrogen-bond acceptors (Lipinski definition) is 3. The second-order valence-corrected chi connectivity index (χ2v) is 4.88. The Labute approximate surface area is 121 Å². The van der Waals surface area contributed by atoms with Crippen LogP contribution in [0, 0.1) is 6.92 Å². The summed E-state index contributed by atoms with van der Waals surface area (Å²) in [7, 11) is 0. The topological polar surface area (TPSA) is 70.4 Å². The molecule has 4 nitrogen and oxygen atoms in total. The van der Waals surface area contributed by atoms with E-state index in [-0.39, 0.29) is 11.3 Å². The molecule has 0 aliphatic heterocycles. The second kappa shape index (κ2) is 4.90. The summed E-state index contributed by atoms with van der Waals surface area (Å²) in [5.41, 5.74) is 3.05. The van der Waals surface area contributed by atoms with Crippen LogP contribution in [0.5, 0.6) is 5.75 Å². The maximum absolute atomic E-state index is 11.4. The minimum absolute atomic E-state index is 0.183. The molecule has 3 aromatic rings. The largest absolute Gasteiger partial charge is 0.508 e. The Morgan fingerprint density at radius 2 is 1.86 bits per heavy atom. The Kier molecular flexibility index (Phi) is 3.06. The minimum atomic E-state index is -0.974. The predicted molar refractivity (Wildman–Crippen MR) is 80.5 cm³/mol. The maximum atomic E-state index is 11.4. The molecule has 0 radical (unpaired) electrons. The first-order valence-electron chi connectivity index (χ1n) is 6.49. The van der Waals surface area contributed by atoms with Crippen molar-refractivity contribution in [2.75, 3.05) is 0 Å². The van der Waals surface area contributed by atoms with Gasteiger partial charge in [-0.25, -0.2) is 9.78 Å². The quantitative estimate of drug-likeness (QED) is 0.751. The second-order valence-electron chi connectivity index (χ2n) is 4.88. The molecule has 21 heavy (non-hydrogen) atoms. The molecule has 1 aromatic heterocycles. The molecule has 0 spiro atoms. The van der Waals surface area contributed by atoms with E-state index in [0.717, 1.165) is 10.9 Å². The number of carbonyl (C=O) groups is 1. The number of carboxylic acids is 1. The van der Waals surface area contributed by atoms with Crippen molar-refractivity contribution < 1.29 is 15.0 Å². The number of aryl methyl sites for hydroxylation is 1. The van der Waals surface area contributed by atoms with Crippen LogP contribution in [-0.2, 0) is 0 Å². The smallest absolute Gasteiger partial charge is 0.336 e. The zero-order chi connectivity index (χ0) is 15.0. The zero-order valence-corrected chi connectivity index (χ0v) is 11.4. The van der Waals surface area contributed by atoms with Crippen molar-refractivity contribution in [1.29, 1.82) is 0 Å². The number of aromatic hydroxyl groups is 1. The monoisotopic (exact) mass is 279 g/mol.